The van der Waals surface area contributed by atoms with E-state index >= 15 is 0 Å². The highest BCUT2D eigenvalue weighted by Gasteiger charge is 2.17. The molecule has 0 aliphatic heterocycles. The first-order chi connectivity index (χ1) is 9.02. The van der Waals surface area contributed by atoms with Crippen LogP contribution in [0.3, 0.4) is 0 Å². The van der Waals surface area contributed by atoms with Gasteiger partial charge in [0.2, 0.25) is 0 Å². The largest absolute Gasteiger partial charge is 0.309 e. The fraction of sp³-hybridized carbons (Fsp3) is 0.200. The van der Waals surface area contributed by atoms with Crippen LogP contribution in [0.4, 0.5) is 13.2 Å². The van der Waals surface area contributed by atoms with Crippen molar-refractivity contribution in [1.29, 1.82) is 0 Å². The Kier molecular flexibility index (Phi) is 3.90. The summed E-state index contributed by atoms with van der Waals surface area (Å²) in [4.78, 5) is 0. The van der Waals surface area contributed by atoms with E-state index in [4.69, 9.17) is 0 Å². The molecular formula is C15H14F3N. The second kappa shape index (κ2) is 5.45. The lowest BCUT2D eigenvalue weighted by Gasteiger charge is -2.18. The summed E-state index contributed by atoms with van der Waals surface area (Å²) in [5.41, 5.74) is 1.79. The Morgan fingerprint density at radius 1 is 0.895 bits per heavy atom. The first-order valence-corrected chi connectivity index (χ1v) is 5.91. The Bertz CT molecular complexity index is 596. The third-order valence-electron chi connectivity index (χ3n) is 3.03. The molecule has 1 nitrogen and oxygen atoms in total. The molecule has 4 heteroatoms. The van der Waals surface area contributed by atoms with Crippen LogP contribution in [0.5, 0.6) is 0 Å². The molecule has 2 aromatic carbocycles. The van der Waals surface area contributed by atoms with Crippen molar-refractivity contribution in [2.75, 3.05) is 7.05 Å². The Morgan fingerprint density at radius 3 is 2.21 bits per heavy atom. The predicted molar refractivity (Wildman–Crippen MR) is 68.4 cm³/mol. The van der Waals surface area contributed by atoms with Crippen molar-refractivity contribution in [2.24, 2.45) is 0 Å². The molecule has 0 fully saturated rings. The van der Waals surface area contributed by atoms with Crippen molar-refractivity contribution in [3.05, 3.63) is 70.5 Å². The first-order valence-electron chi connectivity index (χ1n) is 5.91. The van der Waals surface area contributed by atoms with Gasteiger partial charge in [-0.3, -0.25) is 0 Å². The van der Waals surface area contributed by atoms with Crippen molar-refractivity contribution < 1.29 is 13.2 Å². The number of hydrogen-bond donors (Lipinski definition) is 1. The zero-order chi connectivity index (χ0) is 14.0. The lowest BCUT2D eigenvalue weighted by Crippen LogP contribution is -2.19. The van der Waals surface area contributed by atoms with Crippen LogP contribution in [0.2, 0.25) is 0 Å². The van der Waals surface area contributed by atoms with Gasteiger partial charge in [0.15, 0.2) is 11.6 Å². The summed E-state index contributed by atoms with van der Waals surface area (Å²) >= 11 is 0. The molecule has 0 spiro atoms. The summed E-state index contributed by atoms with van der Waals surface area (Å²) in [5.74, 6) is -2.23. The van der Waals surface area contributed by atoms with Gasteiger partial charge in [-0.05, 0) is 37.7 Å². The lowest BCUT2D eigenvalue weighted by molar-refractivity contribution is 0.503. The monoisotopic (exact) mass is 265 g/mol. The summed E-state index contributed by atoms with van der Waals surface area (Å²) in [6.07, 6.45) is 0. The van der Waals surface area contributed by atoms with Crippen molar-refractivity contribution in [3.63, 3.8) is 0 Å². The summed E-state index contributed by atoms with van der Waals surface area (Å²) < 4.78 is 40.1. The Morgan fingerprint density at radius 2 is 1.58 bits per heavy atom. The number of hydrogen-bond acceptors (Lipinski definition) is 1. The van der Waals surface area contributed by atoms with Crippen LogP contribution in [-0.4, -0.2) is 7.05 Å². The predicted octanol–water partition coefficient (Wildman–Crippen LogP) is 3.72. The molecule has 0 bridgehead atoms. The minimum absolute atomic E-state index is 0.380. The fourth-order valence-electron chi connectivity index (χ4n) is 2.08. The van der Waals surface area contributed by atoms with Crippen LogP contribution in [0.1, 0.15) is 22.7 Å². The van der Waals surface area contributed by atoms with E-state index in [2.05, 4.69) is 5.32 Å². The Labute approximate surface area is 110 Å². The molecule has 2 rings (SSSR count). The second-order valence-corrected chi connectivity index (χ2v) is 4.42. The minimum atomic E-state index is -0.939. The molecule has 1 unspecified atom stereocenters. The van der Waals surface area contributed by atoms with Crippen LogP contribution >= 0.6 is 0 Å². The number of aryl methyl sites for hydroxylation is 1. The molecule has 100 valence electrons. The highest BCUT2D eigenvalue weighted by atomic mass is 19.2. The third kappa shape index (κ3) is 2.79. The van der Waals surface area contributed by atoms with E-state index < -0.39 is 17.7 Å². The smallest absolute Gasteiger partial charge is 0.159 e. The number of rotatable bonds is 3. The summed E-state index contributed by atoms with van der Waals surface area (Å²) in [6.45, 7) is 1.85. The number of benzene rings is 2. The zero-order valence-corrected chi connectivity index (χ0v) is 10.7. The number of nitrogens with one attached hydrogen (secondary N) is 1. The van der Waals surface area contributed by atoms with E-state index in [1.165, 1.54) is 12.1 Å². The van der Waals surface area contributed by atoms with Gasteiger partial charge in [-0.15, -0.1) is 0 Å². The maximum Gasteiger partial charge on any atom is 0.159 e. The van der Waals surface area contributed by atoms with Gasteiger partial charge in [0, 0.05) is 5.56 Å². The summed E-state index contributed by atoms with van der Waals surface area (Å²) in [6, 6.07) is 7.78. The van der Waals surface area contributed by atoms with Crippen molar-refractivity contribution in [2.45, 2.75) is 13.0 Å². The van der Waals surface area contributed by atoms with Gasteiger partial charge in [-0.25, -0.2) is 13.2 Å². The molecule has 0 aliphatic carbocycles. The lowest BCUT2D eigenvalue weighted by atomic mass is 9.97. The quantitative estimate of drug-likeness (QED) is 0.891. The normalized spacial score (nSPS) is 12.5. The molecular weight excluding hydrogens is 251 g/mol. The van der Waals surface area contributed by atoms with E-state index in [0.29, 0.717) is 11.1 Å². The SMILES string of the molecule is CNC(c1ccc(F)c(F)c1)c1cc(C)ccc1F. The molecule has 1 N–H and O–H groups in total. The molecule has 2 aromatic rings. The third-order valence-corrected chi connectivity index (χ3v) is 3.03. The number of halogens is 3. The molecule has 0 saturated carbocycles. The fourth-order valence-corrected chi connectivity index (χ4v) is 2.08. The summed E-state index contributed by atoms with van der Waals surface area (Å²) in [5, 5.41) is 2.92. The highest BCUT2D eigenvalue weighted by Crippen LogP contribution is 2.26. The maximum absolute atomic E-state index is 13.9. The van der Waals surface area contributed by atoms with Crippen LogP contribution in [0, 0.1) is 24.4 Å². The van der Waals surface area contributed by atoms with E-state index in [-0.39, 0.29) is 5.82 Å². The van der Waals surface area contributed by atoms with Crippen LogP contribution in [0.15, 0.2) is 36.4 Å². The molecule has 0 amide bonds. The van der Waals surface area contributed by atoms with Gasteiger partial charge in [-0.2, -0.15) is 0 Å². The topological polar surface area (TPSA) is 12.0 Å². The molecule has 0 saturated heterocycles. The molecule has 0 heterocycles. The van der Waals surface area contributed by atoms with Crippen molar-refractivity contribution >= 4 is 0 Å². The van der Waals surface area contributed by atoms with Crippen LogP contribution in [0.25, 0.3) is 0 Å². The second-order valence-electron chi connectivity index (χ2n) is 4.42. The Balaban J connectivity index is 2.49. The molecule has 0 radical (unpaired) electrons. The maximum atomic E-state index is 13.9. The standard InChI is InChI=1S/C15H14F3N/c1-9-3-5-12(16)11(7-9)15(19-2)10-4-6-13(17)14(18)8-10/h3-8,15,19H,1-2H3. The van der Waals surface area contributed by atoms with Gasteiger partial charge in [0.05, 0.1) is 6.04 Å². The van der Waals surface area contributed by atoms with Crippen LogP contribution in [-0.2, 0) is 0 Å². The van der Waals surface area contributed by atoms with E-state index in [1.807, 2.05) is 6.92 Å². The van der Waals surface area contributed by atoms with Crippen molar-refractivity contribution in [3.8, 4) is 0 Å². The summed E-state index contributed by atoms with van der Waals surface area (Å²) in [7, 11) is 1.65. The zero-order valence-electron chi connectivity index (χ0n) is 10.7. The molecule has 19 heavy (non-hydrogen) atoms. The van der Waals surface area contributed by atoms with Crippen LogP contribution < -0.4 is 5.32 Å². The van der Waals surface area contributed by atoms with Gasteiger partial charge in [0.1, 0.15) is 5.82 Å². The molecule has 0 aliphatic rings. The minimum Gasteiger partial charge on any atom is -0.309 e. The average molecular weight is 265 g/mol. The van der Waals surface area contributed by atoms with Gasteiger partial charge >= 0.3 is 0 Å². The first kappa shape index (κ1) is 13.6. The molecule has 1 atom stereocenters. The average Bonchev–Trinajstić information content (AvgIpc) is 2.38. The highest BCUT2D eigenvalue weighted by molar-refractivity contribution is 5.35. The Hall–Kier alpha value is -1.81. The van der Waals surface area contributed by atoms with Crippen molar-refractivity contribution in [1.82, 2.24) is 5.32 Å². The molecule has 0 aromatic heterocycles. The van der Waals surface area contributed by atoms with E-state index in [1.54, 1.807) is 19.2 Å². The van der Waals surface area contributed by atoms with Gasteiger partial charge < -0.3 is 5.32 Å². The van der Waals surface area contributed by atoms with E-state index in [9.17, 15) is 13.2 Å². The van der Waals surface area contributed by atoms with Gasteiger partial charge in [-0.1, -0.05) is 23.8 Å². The van der Waals surface area contributed by atoms with Gasteiger partial charge in [0.25, 0.3) is 0 Å². The van der Waals surface area contributed by atoms with E-state index in [0.717, 1.165) is 17.7 Å².